The van der Waals surface area contributed by atoms with E-state index >= 15 is 0 Å². The first-order valence-corrected chi connectivity index (χ1v) is 8.51. The van der Waals surface area contributed by atoms with Crippen LogP contribution in [-0.2, 0) is 4.74 Å². The second kappa shape index (κ2) is 7.00. The first-order chi connectivity index (χ1) is 9.84. The van der Waals surface area contributed by atoms with Crippen molar-refractivity contribution in [2.75, 3.05) is 59.0 Å². The standard InChI is InChI=1S/C15H25N3OS/c1-13-2-11-20-15(13)14(18-5-3-16-4-6-18)12-17-7-9-19-10-8-17/h2,11,14,16H,3-10,12H2,1H3. The molecule has 0 spiro atoms. The van der Waals surface area contributed by atoms with Crippen LogP contribution in [0.15, 0.2) is 11.4 Å². The van der Waals surface area contributed by atoms with Gasteiger partial charge in [0.25, 0.3) is 0 Å². The van der Waals surface area contributed by atoms with E-state index in [2.05, 4.69) is 33.5 Å². The Bertz CT molecular complexity index is 411. The highest BCUT2D eigenvalue weighted by molar-refractivity contribution is 7.10. The fourth-order valence-corrected chi connectivity index (χ4v) is 4.17. The predicted molar refractivity (Wildman–Crippen MR) is 83.5 cm³/mol. The monoisotopic (exact) mass is 295 g/mol. The van der Waals surface area contributed by atoms with Gasteiger partial charge in [-0.25, -0.2) is 0 Å². The van der Waals surface area contributed by atoms with Crippen LogP contribution < -0.4 is 5.32 Å². The third kappa shape index (κ3) is 3.40. The van der Waals surface area contributed by atoms with E-state index in [9.17, 15) is 0 Å². The lowest BCUT2D eigenvalue weighted by Gasteiger charge is -2.38. The van der Waals surface area contributed by atoms with Gasteiger partial charge in [0.05, 0.1) is 19.3 Å². The molecule has 4 nitrogen and oxygen atoms in total. The summed E-state index contributed by atoms with van der Waals surface area (Å²) in [5, 5.41) is 5.70. The third-order valence-electron chi connectivity index (χ3n) is 4.33. The molecule has 2 fully saturated rings. The fraction of sp³-hybridized carbons (Fsp3) is 0.733. The fourth-order valence-electron chi connectivity index (χ4n) is 3.11. The van der Waals surface area contributed by atoms with Crippen molar-refractivity contribution in [3.05, 3.63) is 21.9 Å². The molecule has 0 aliphatic carbocycles. The van der Waals surface area contributed by atoms with E-state index in [1.807, 2.05) is 11.3 Å². The van der Waals surface area contributed by atoms with Crippen molar-refractivity contribution in [2.45, 2.75) is 13.0 Å². The summed E-state index contributed by atoms with van der Waals surface area (Å²) in [6.07, 6.45) is 0. The molecular formula is C15H25N3OS. The van der Waals surface area contributed by atoms with Crippen LogP contribution in [0, 0.1) is 6.92 Å². The number of aryl methyl sites for hydroxylation is 1. The highest BCUT2D eigenvalue weighted by Gasteiger charge is 2.27. The highest BCUT2D eigenvalue weighted by Crippen LogP contribution is 2.30. The average molecular weight is 295 g/mol. The van der Waals surface area contributed by atoms with E-state index in [1.165, 1.54) is 5.56 Å². The number of nitrogens with zero attached hydrogens (tertiary/aromatic N) is 2. The lowest BCUT2D eigenvalue weighted by Crippen LogP contribution is -2.49. The molecule has 0 bridgehead atoms. The molecule has 3 rings (SSSR count). The Hall–Kier alpha value is -0.460. The van der Waals surface area contributed by atoms with Gasteiger partial charge in [-0.05, 0) is 23.9 Å². The molecule has 112 valence electrons. The van der Waals surface area contributed by atoms with E-state index in [-0.39, 0.29) is 0 Å². The SMILES string of the molecule is Cc1ccsc1C(CN1CCOCC1)N1CCNCC1. The number of hydrogen-bond donors (Lipinski definition) is 1. The zero-order valence-electron chi connectivity index (χ0n) is 12.3. The zero-order chi connectivity index (χ0) is 13.8. The Morgan fingerprint density at radius 1 is 1.25 bits per heavy atom. The Morgan fingerprint density at radius 3 is 2.65 bits per heavy atom. The smallest absolute Gasteiger partial charge is 0.0594 e. The first kappa shape index (κ1) is 14.5. The molecule has 0 aromatic carbocycles. The summed E-state index contributed by atoms with van der Waals surface area (Å²) in [6.45, 7) is 11.9. The summed E-state index contributed by atoms with van der Waals surface area (Å²) >= 11 is 1.92. The Labute approximate surface area is 125 Å². The van der Waals surface area contributed by atoms with Gasteiger partial charge in [0, 0.05) is 50.7 Å². The van der Waals surface area contributed by atoms with Crippen molar-refractivity contribution in [3.63, 3.8) is 0 Å². The maximum Gasteiger partial charge on any atom is 0.0594 e. The third-order valence-corrected chi connectivity index (χ3v) is 5.45. The molecule has 2 aliphatic heterocycles. The zero-order valence-corrected chi connectivity index (χ0v) is 13.1. The summed E-state index contributed by atoms with van der Waals surface area (Å²) in [4.78, 5) is 6.78. The molecule has 0 amide bonds. The molecule has 1 aromatic heterocycles. The van der Waals surface area contributed by atoms with Crippen molar-refractivity contribution in [2.24, 2.45) is 0 Å². The summed E-state index contributed by atoms with van der Waals surface area (Å²) in [6, 6.07) is 2.81. The van der Waals surface area contributed by atoms with Crippen LogP contribution in [0.25, 0.3) is 0 Å². The lowest BCUT2D eigenvalue weighted by atomic mass is 10.1. The minimum absolute atomic E-state index is 0.551. The van der Waals surface area contributed by atoms with Crippen molar-refractivity contribution < 1.29 is 4.74 Å². The van der Waals surface area contributed by atoms with Gasteiger partial charge in [0.15, 0.2) is 0 Å². The molecule has 2 saturated heterocycles. The van der Waals surface area contributed by atoms with Crippen LogP contribution in [0.3, 0.4) is 0 Å². The predicted octanol–water partition coefficient (Wildman–Crippen LogP) is 1.34. The molecule has 1 aromatic rings. The highest BCUT2D eigenvalue weighted by atomic mass is 32.1. The van der Waals surface area contributed by atoms with Crippen molar-refractivity contribution in [3.8, 4) is 0 Å². The van der Waals surface area contributed by atoms with Gasteiger partial charge < -0.3 is 10.1 Å². The Morgan fingerprint density at radius 2 is 2.00 bits per heavy atom. The summed E-state index contributed by atoms with van der Waals surface area (Å²) in [5.41, 5.74) is 1.45. The van der Waals surface area contributed by atoms with E-state index in [4.69, 9.17) is 4.74 Å². The average Bonchev–Trinajstić information content (AvgIpc) is 2.93. The maximum atomic E-state index is 5.48. The number of hydrogen-bond acceptors (Lipinski definition) is 5. The summed E-state index contributed by atoms with van der Waals surface area (Å²) < 4.78 is 5.48. The molecule has 0 saturated carbocycles. The second-order valence-electron chi connectivity index (χ2n) is 5.68. The topological polar surface area (TPSA) is 27.7 Å². The molecule has 0 radical (unpaired) electrons. The van der Waals surface area contributed by atoms with Crippen LogP contribution in [-0.4, -0.2) is 68.8 Å². The molecule has 20 heavy (non-hydrogen) atoms. The van der Waals surface area contributed by atoms with Crippen molar-refractivity contribution >= 4 is 11.3 Å². The molecule has 1 atom stereocenters. The van der Waals surface area contributed by atoms with E-state index in [1.54, 1.807) is 4.88 Å². The van der Waals surface area contributed by atoms with E-state index in [0.29, 0.717) is 6.04 Å². The van der Waals surface area contributed by atoms with Crippen molar-refractivity contribution in [1.82, 2.24) is 15.1 Å². The van der Waals surface area contributed by atoms with Gasteiger partial charge in [-0.3, -0.25) is 9.80 Å². The van der Waals surface area contributed by atoms with Crippen LogP contribution in [0.4, 0.5) is 0 Å². The van der Waals surface area contributed by atoms with Gasteiger partial charge in [-0.2, -0.15) is 0 Å². The molecular weight excluding hydrogens is 270 g/mol. The van der Waals surface area contributed by atoms with Gasteiger partial charge in [0.1, 0.15) is 0 Å². The van der Waals surface area contributed by atoms with Gasteiger partial charge >= 0.3 is 0 Å². The van der Waals surface area contributed by atoms with Crippen LogP contribution >= 0.6 is 11.3 Å². The van der Waals surface area contributed by atoms with E-state index in [0.717, 1.165) is 59.0 Å². The van der Waals surface area contributed by atoms with Crippen molar-refractivity contribution in [1.29, 1.82) is 0 Å². The number of piperazine rings is 1. The van der Waals surface area contributed by atoms with Gasteiger partial charge in [-0.15, -0.1) is 11.3 Å². The maximum absolute atomic E-state index is 5.48. The minimum atomic E-state index is 0.551. The van der Waals surface area contributed by atoms with Gasteiger partial charge in [-0.1, -0.05) is 0 Å². The lowest BCUT2D eigenvalue weighted by molar-refractivity contribution is 0.0210. The minimum Gasteiger partial charge on any atom is -0.379 e. The first-order valence-electron chi connectivity index (χ1n) is 7.63. The molecule has 1 unspecified atom stereocenters. The second-order valence-corrected chi connectivity index (χ2v) is 6.63. The number of nitrogens with one attached hydrogen (secondary N) is 1. The Kier molecular flexibility index (Phi) is 5.07. The summed E-state index contributed by atoms with van der Waals surface area (Å²) in [7, 11) is 0. The number of rotatable bonds is 4. The number of thiophene rings is 1. The van der Waals surface area contributed by atoms with Crippen LogP contribution in [0.2, 0.25) is 0 Å². The molecule has 1 N–H and O–H groups in total. The number of morpholine rings is 1. The summed E-state index contributed by atoms with van der Waals surface area (Å²) in [5.74, 6) is 0. The van der Waals surface area contributed by atoms with E-state index < -0.39 is 0 Å². The quantitative estimate of drug-likeness (QED) is 0.907. The van der Waals surface area contributed by atoms with Gasteiger partial charge in [0.2, 0.25) is 0 Å². The van der Waals surface area contributed by atoms with Crippen LogP contribution in [0.1, 0.15) is 16.5 Å². The molecule has 2 aliphatic rings. The largest absolute Gasteiger partial charge is 0.379 e. The number of ether oxygens (including phenoxy) is 1. The molecule has 3 heterocycles. The normalized spacial score (nSPS) is 23.9. The molecule has 5 heteroatoms. The Balaban J connectivity index is 1.73. The van der Waals surface area contributed by atoms with Crippen LogP contribution in [0.5, 0.6) is 0 Å².